The molecule has 0 amide bonds. The predicted octanol–water partition coefficient (Wildman–Crippen LogP) is 3.60. The molecule has 0 aliphatic heterocycles. The SMILES string of the molecule is CCCC(Cc1nc(CSc2cccc(C)c2)no1)NC. The van der Waals surface area contributed by atoms with Gasteiger partial charge in [0.2, 0.25) is 5.89 Å². The van der Waals surface area contributed by atoms with Gasteiger partial charge in [0.1, 0.15) is 0 Å². The molecule has 1 unspecified atom stereocenters. The third-order valence-corrected chi connectivity index (χ3v) is 4.32. The van der Waals surface area contributed by atoms with Crippen LogP contribution in [-0.2, 0) is 12.2 Å². The van der Waals surface area contributed by atoms with E-state index in [0.717, 1.165) is 36.7 Å². The van der Waals surface area contributed by atoms with Crippen LogP contribution in [0.25, 0.3) is 0 Å². The van der Waals surface area contributed by atoms with E-state index >= 15 is 0 Å². The Morgan fingerprint density at radius 2 is 2.24 bits per heavy atom. The van der Waals surface area contributed by atoms with Gasteiger partial charge in [-0.2, -0.15) is 4.98 Å². The summed E-state index contributed by atoms with van der Waals surface area (Å²) in [6.07, 6.45) is 3.06. The molecule has 0 fully saturated rings. The second-order valence-electron chi connectivity index (χ2n) is 5.19. The molecule has 114 valence electrons. The molecule has 1 heterocycles. The molecule has 21 heavy (non-hydrogen) atoms. The van der Waals surface area contributed by atoms with Crippen molar-refractivity contribution in [1.82, 2.24) is 15.5 Å². The van der Waals surface area contributed by atoms with Gasteiger partial charge in [-0.15, -0.1) is 11.8 Å². The summed E-state index contributed by atoms with van der Waals surface area (Å²) in [7, 11) is 1.98. The third-order valence-electron chi connectivity index (χ3n) is 3.33. The van der Waals surface area contributed by atoms with Gasteiger partial charge in [-0.05, 0) is 32.5 Å². The first-order chi connectivity index (χ1) is 10.2. The maximum Gasteiger partial charge on any atom is 0.228 e. The van der Waals surface area contributed by atoms with Crippen LogP contribution in [0.1, 0.15) is 37.0 Å². The van der Waals surface area contributed by atoms with E-state index in [1.165, 1.54) is 10.5 Å². The highest BCUT2D eigenvalue weighted by atomic mass is 32.2. The fraction of sp³-hybridized carbons (Fsp3) is 0.500. The lowest BCUT2D eigenvalue weighted by Crippen LogP contribution is -2.27. The molecular weight excluding hydrogens is 282 g/mol. The van der Waals surface area contributed by atoms with E-state index in [1.807, 2.05) is 7.05 Å². The quantitative estimate of drug-likeness (QED) is 0.755. The fourth-order valence-corrected chi connectivity index (χ4v) is 3.05. The van der Waals surface area contributed by atoms with Crippen LogP contribution in [0, 0.1) is 6.92 Å². The monoisotopic (exact) mass is 305 g/mol. The van der Waals surface area contributed by atoms with Crippen LogP contribution < -0.4 is 5.32 Å². The first-order valence-electron chi connectivity index (χ1n) is 7.39. The van der Waals surface area contributed by atoms with Crippen LogP contribution >= 0.6 is 11.8 Å². The summed E-state index contributed by atoms with van der Waals surface area (Å²) in [6.45, 7) is 4.28. The molecule has 0 spiro atoms. The lowest BCUT2D eigenvalue weighted by atomic mass is 10.1. The molecule has 4 nitrogen and oxygen atoms in total. The maximum absolute atomic E-state index is 5.34. The van der Waals surface area contributed by atoms with Gasteiger partial charge in [0, 0.05) is 17.4 Å². The molecule has 0 saturated carbocycles. The number of thioether (sulfide) groups is 1. The summed E-state index contributed by atoms with van der Waals surface area (Å²) in [5, 5.41) is 7.36. The third kappa shape index (κ3) is 5.17. The molecule has 1 aromatic carbocycles. The summed E-state index contributed by atoms with van der Waals surface area (Å²) in [6, 6.07) is 8.86. The maximum atomic E-state index is 5.34. The summed E-state index contributed by atoms with van der Waals surface area (Å²) >= 11 is 1.74. The highest BCUT2D eigenvalue weighted by molar-refractivity contribution is 7.98. The average molecular weight is 305 g/mol. The Morgan fingerprint density at radius 3 is 2.95 bits per heavy atom. The second kappa shape index (κ2) is 8.20. The van der Waals surface area contributed by atoms with Gasteiger partial charge in [0.25, 0.3) is 0 Å². The predicted molar refractivity (Wildman–Crippen MR) is 86.5 cm³/mol. The molecule has 1 atom stereocenters. The molecule has 0 bridgehead atoms. The number of nitrogens with zero attached hydrogens (tertiary/aromatic N) is 2. The van der Waals surface area contributed by atoms with Crippen molar-refractivity contribution in [3.05, 3.63) is 41.5 Å². The lowest BCUT2D eigenvalue weighted by Gasteiger charge is -2.11. The van der Waals surface area contributed by atoms with Crippen LogP contribution in [0.2, 0.25) is 0 Å². The lowest BCUT2D eigenvalue weighted by molar-refractivity contribution is 0.353. The van der Waals surface area contributed by atoms with Crippen LogP contribution in [0.4, 0.5) is 0 Å². The fourth-order valence-electron chi connectivity index (χ4n) is 2.19. The smallest absolute Gasteiger partial charge is 0.228 e. The number of hydrogen-bond acceptors (Lipinski definition) is 5. The molecule has 2 rings (SSSR count). The zero-order valence-corrected chi connectivity index (χ0v) is 13.7. The van der Waals surface area contributed by atoms with Crippen molar-refractivity contribution in [3.8, 4) is 0 Å². The molecule has 5 heteroatoms. The molecule has 0 saturated heterocycles. The number of likely N-dealkylation sites (N-methyl/N-ethyl adjacent to an activating group) is 1. The number of nitrogens with one attached hydrogen (secondary N) is 1. The minimum absolute atomic E-state index is 0.410. The van der Waals surface area contributed by atoms with E-state index in [-0.39, 0.29) is 0 Å². The summed E-state index contributed by atoms with van der Waals surface area (Å²) < 4.78 is 5.34. The van der Waals surface area contributed by atoms with Crippen molar-refractivity contribution >= 4 is 11.8 Å². The molecular formula is C16H23N3OS. The first-order valence-corrected chi connectivity index (χ1v) is 8.38. The normalized spacial score (nSPS) is 12.5. The number of rotatable bonds is 8. The van der Waals surface area contributed by atoms with Gasteiger partial charge in [-0.3, -0.25) is 0 Å². The minimum Gasteiger partial charge on any atom is -0.339 e. The molecule has 0 radical (unpaired) electrons. The Morgan fingerprint density at radius 1 is 1.38 bits per heavy atom. The van der Waals surface area contributed by atoms with Gasteiger partial charge in [0.05, 0.1) is 5.75 Å². The first kappa shape index (κ1) is 16.0. The van der Waals surface area contributed by atoms with Crippen molar-refractivity contribution in [3.63, 3.8) is 0 Å². The molecule has 1 N–H and O–H groups in total. The number of benzene rings is 1. The largest absolute Gasteiger partial charge is 0.339 e. The minimum atomic E-state index is 0.410. The van der Waals surface area contributed by atoms with Crippen molar-refractivity contribution in [2.45, 2.75) is 49.8 Å². The zero-order chi connectivity index (χ0) is 15.1. The number of hydrogen-bond donors (Lipinski definition) is 1. The Labute approximate surface area is 130 Å². The Bertz CT molecular complexity index is 556. The average Bonchev–Trinajstić information content (AvgIpc) is 2.92. The highest BCUT2D eigenvalue weighted by Crippen LogP contribution is 2.22. The second-order valence-corrected chi connectivity index (χ2v) is 6.24. The van der Waals surface area contributed by atoms with Gasteiger partial charge in [0.15, 0.2) is 5.82 Å². The van der Waals surface area contributed by atoms with E-state index in [4.69, 9.17) is 4.52 Å². The van der Waals surface area contributed by atoms with Crippen molar-refractivity contribution in [2.75, 3.05) is 7.05 Å². The zero-order valence-electron chi connectivity index (χ0n) is 12.9. The highest BCUT2D eigenvalue weighted by Gasteiger charge is 2.12. The summed E-state index contributed by atoms with van der Waals surface area (Å²) in [5.74, 6) is 2.23. The van der Waals surface area contributed by atoms with Crippen molar-refractivity contribution in [2.24, 2.45) is 0 Å². The van der Waals surface area contributed by atoms with Gasteiger partial charge >= 0.3 is 0 Å². The van der Waals surface area contributed by atoms with E-state index < -0.39 is 0 Å². The van der Waals surface area contributed by atoms with Gasteiger partial charge in [-0.25, -0.2) is 0 Å². The van der Waals surface area contributed by atoms with Crippen LogP contribution in [0.15, 0.2) is 33.7 Å². The van der Waals surface area contributed by atoms with Crippen molar-refractivity contribution in [1.29, 1.82) is 0 Å². The van der Waals surface area contributed by atoms with E-state index in [9.17, 15) is 0 Å². The summed E-state index contributed by atoms with van der Waals surface area (Å²) in [5.41, 5.74) is 1.27. The van der Waals surface area contributed by atoms with E-state index in [0.29, 0.717) is 6.04 Å². The Hall–Kier alpha value is -1.33. The van der Waals surface area contributed by atoms with Gasteiger partial charge < -0.3 is 9.84 Å². The van der Waals surface area contributed by atoms with Crippen LogP contribution in [-0.4, -0.2) is 23.2 Å². The Balaban J connectivity index is 1.88. The van der Waals surface area contributed by atoms with Crippen LogP contribution in [0.5, 0.6) is 0 Å². The summed E-state index contributed by atoms with van der Waals surface area (Å²) in [4.78, 5) is 5.72. The number of aromatic nitrogens is 2. The molecule has 0 aliphatic carbocycles. The molecule has 0 aliphatic rings. The topological polar surface area (TPSA) is 51.0 Å². The standard InChI is InChI=1S/C16H23N3OS/c1-4-6-13(17-3)10-16-18-15(19-20-16)11-21-14-8-5-7-12(2)9-14/h5,7-9,13,17H,4,6,10-11H2,1-3H3. The van der Waals surface area contributed by atoms with E-state index in [1.54, 1.807) is 11.8 Å². The van der Waals surface area contributed by atoms with Gasteiger partial charge in [-0.1, -0.05) is 36.2 Å². The number of aryl methyl sites for hydroxylation is 1. The molecule has 2 aromatic rings. The molecule has 1 aromatic heterocycles. The van der Waals surface area contributed by atoms with Crippen LogP contribution in [0.3, 0.4) is 0 Å². The Kier molecular flexibility index (Phi) is 6.26. The van der Waals surface area contributed by atoms with Crippen molar-refractivity contribution < 1.29 is 4.52 Å². The van der Waals surface area contributed by atoms with E-state index in [2.05, 4.69) is 53.6 Å².